The number of unbranched alkanes of at least 4 members (excludes halogenated alkanes) is 6. The van der Waals surface area contributed by atoms with Crippen molar-refractivity contribution >= 4 is 22.6 Å². The zero-order valence-electron chi connectivity index (χ0n) is 14.2. The Kier molecular flexibility index (Phi) is 10.8. The average Bonchev–Trinajstić information content (AvgIpc) is 2.58. The predicted molar refractivity (Wildman–Crippen MR) is 99.3 cm³/mol. The zero-order valence-corrected chi connectivity index (χ0v) is 15.0. The molecule has 1 aromatic rings. The van der Waals surface area contributed by atoms with Gasteiger partial charge in [-0.15, -0.1) is 0 Å². The molecule has 0 radical (unpaired) electrons. The fourth-order valence-corrected chi connectivity index (χ4v) is 2.50. The minimum Gasteiger partial charge on any atom is -0.494 e. The van der Waals surface area contributed by atoms with E-state index >= 15 is 0 Å². The van der Waals surface area contributed by atoms with E-state index in [2.05, 4.69) is 17.2 Å². The van der Waals surface area contributed by atoms with Crippen LogP contribution >= 0.6 is 11.8 Å². The van der Waals surface area contributed by atoms with Gasteiger partial charge in [-0.25, -0.2) is 4.99 Å². The highest BCUT2D eigenvalue weighted by Crippen LogP contribution is 2.19. The Bertz CT molecular complexity index is 494. The van der Waals surface area contributed by atoms with Crippen molar-refractivity contribution < 1.29 is 4.74 Å². The molecule has 0 saturated carbocycles. The molecule has 0 bridgehead atoms. The number of nitriles is 1. The molecule has 0 amide bonds. The van der Waals surface area contributed by atoms with Gasteiger partial charge in [-0.2, -0.15) is 5.26 Å². The van der Waals surface area contributed by atoms with E-state index < -0.39 is 0 Å². The van der Waals surface area contributed by atoms with Crippen molar-refractivity contribution in [3.8, 4) is 11.9 Å². The minimum absolute atomic E-state index is 0.587. The van der Waals surface area contributed by atoms with Crippen molar-refractivity contribution in [3.05, 3.63) is 24.3 Å². The van der Waals surface area contributed by atoms with Gasteiger partial charge in [-0.05, 0) is 36.9 Å². The molecule has 0 atom stereocenters. The van der Waals surface area contributed by atoms with E-state index in [1.807, 2.05) is 36.7 Å². The molecule has 1 N–H and O–H groups in total. The lowest BCUT2D eigenvalue weighted by molar-refractivity contribution is 0.304. The molecule has 0 fully saturated rings. The monoisotopic (exact) mass is 333 g/mol. The number of aliphatic imine (C=N–C) groups is 1. The predicted octanol–water partition coefficient (Wildman–Crippen LogP) is 5.24. The first kappa shape index (κ1) is 19.4. The van der Waals surface area contributed by atoms with Crippen molar-refractivity contribution in [3.63, 3.8) is 0 Å². The lowest BCUT2D eigenvalue weighted by Crippen LogP contribution is -2.12. The highest BCUT2D eigenvalue weighted by molar-refractivity contribution is 8.13. The van der Waals surface area contributed by atoms with Crippen LogP contribution in [0.2, 0.25) is 0 Å². The number of nitrogens with one attached hydrogen (secondary N) is 1. The van der Waals surface area contributed by atoms with Crippen LogP contribution in [0.25, 0.3) is 0 Å². The molecule has 126 valence electrons. The maximum absolute atomic E-state index is 8.62. The Balaban J connectivity index is 2.25. The van der Waals surface area contributed by atoms with Gasteiger partial charge in [0.25, 0.3) is 0 Å². The minimum atomic E-state index is 0.587. The Labute approximate surface area is 144 Å². The van der Waals surface area contributed by atoms with Crippen molar-refractivity contribution in [1.29, 1.82) is 5.26 Å². The number of rotatable bonds is 10. The molecule has 0 unspecified atom stereocenters. The van der Waals surface area contributed by atoms with Gasteiger partial charge >= 0.3 is 0 Å². The average molecular weight is 334 g/mol. The first-order valence-electron chi connectivity index (χ1n) is 8.30. The molecule has 0 spiro atoms. The molecule has 0 heterocycles. The summed E-state index contributed by atoms with van der Waals surface area (Å²) in [5.74, 6) is 0.869. The lowest BCUT2D eigenvalue weighted by Gasteiger charge is -2.06. The van der Waals surface area contributed by atoms with E-state index in [1.165, 1.54) is 50.3 Å². The van der Waals surface area contributed by atoms with Crippen LogP contribution in [0.3, 0.4) is 0 Å². The summed E-state index contributed by atoms with van der Waals surface area (Å²) in [7, 11) is 0. The van der Waals surface area contributed by atoms with Gasteiger partial charge in [0, 0.05) is 0 Å². The van der Waals surface area contributed by atoms with Crippen LogP contribution in [0.4, 0.5) is 5.69 Å². The first-order valence-corrected chi connectivity index (χ1v) is 9.53. The molecule has 0 saturated heterocycles. The number of amidine groups is 1. The topological polar surface area (TPSA) is 57.4 Å². The van der Waals surface area contributed by atoms with Crippen LogP contribution in [0, 0.1) is 11.5 Å². The molecule has 0 aliphatic rings. The third-order valence-corrected chi connectivity index (χ3v) is 4.02. The molecular weight excluding hydrogens is 306 g/mol. The Hall–Kier alpha value is -1.67. The van der Waals surface area contributed by atoms with Crippen LogP contribution < -0.4 is 10.1 Å². The second-order valence-electron chi connectivity index (χ2n) is 5.32. The molecule has 23 heavy (non-hydrogen) atoms. The summed E-state index contributed by atoms with van der Waals surface area (Å²) in [5, 5.41) is 11.8. The molecule has 0 aliphatic heterocycles. The van der Waals surface area contributed by atoms with Gasteiger partial charge in [0.2, 0.25) is 0 Å². The molecule has 5 heteroatoms. The largest absolute Gasteiger partial charge is 0.494 e. The fourth-order valence-electron chi connectivity index (χ4n) is 2.16. The Morgan fingerprint density at radius 1 is 1.13 bits per heavy atom. The van der Waals surface area contributed by atoms with E-state index in [1.54, 1.807) is 0 Å². The molecule has 1 aromatic carbocycles. The second kappa shape index (κ2) is 12.8. The zero-order chi connectivity index (χ0) is 16.8. The van der Waals surface area contributed by atoms with E-state index in [-0.39, 0.29) is 0 Å². The van der Waals surface area contributed by atoms with Gasteiger partial charge < -0.3 is 4.74 Å². The van der Waals surface area contributed by atoms with E-state index in [0.717, 1.165) is 24.5 Å². The standard InChI is InChI=1S/C18H27N3OS/c1-3-4-5-6-7-8-9-14-22-17-12-10-16(11-13-17)21-18(23-2)20-15-19/h10-13H,3-9,14H2,1-2H3,(H,20,21). The van der Waals surface area contributed by atoms with Gasteiger partial charge in [-0.1, -0.05) is 57.2 Å². The second-order valence-corrected chi connectivity index (χ2v) is 6.12. The molecular formula is C18H27N3OS. The summed E-state index contributed by atoms with van der Waals surface area (Å²) in [6, 6.07) is 7.64. The SMILES string of the molecule is CCCCCCCCCOc1ccc(N=C(NC#N)SC)cc1. The van der Waals surface area contributed by atoms with Crippen LogP contribution in [-0.4, -0.2) is 18.0 Å². The van der Waals surface area contributed by atoms with Crippen LogP contribution in [0.15, 0.2) is 29.3 Å². The molecule has 1 rings (SSSR count). The van der Waals surface area contributed by atoms with Crippen LogP contribution in [0.1, 0.15) is 51.9 Å². The number of thioether (sulfide) groups is 1. The van der Waals surface area contributed by atoms with Crippen LogP contribution in [0.5, 0.6) is 5.75 Å². The third-order valence-electron chi connectivity index (χ3n) is 3.44. The lowest BCUT2D eigenvalue weighted by atomic mass is 10.1. The van der Waals surface area contributed by atoms with Crippen molar-refractivity contribution in [1.82, 2.24) is 5.32 Å². The smallest absolute Gasteiger partial charge is 0.183 e. The van der Waals surface area contributed by atoms with Gasteiger partial charge in [0.1, 0.15) is 5.75 Å². The summed E-state index contributed by atoms with van der Waals surface area (Å²) in [6.45, 7) is 3.01. The molecule has 0 aliphatic carbocycles. The summed E-state index contributed by atoms with van der Waals surface area (Å²) in [4.78, 5) is 4.34. The Morgan fingerprint density at radius 3 is 2.39 bits per heavy atom. The highest BCUT2D eigenvalue weighted by atomic mass is 32.2. The first-order chi connectivity index (χ1) is 11.3. The summed E-state index contributed by atoms with van der Waals surface area (Å²) < 4.78 is 5.75. The van der Waals surface area contributed by atoms with Gasteiger partial charge in [0.15, 0.2) is 11.4 Å². The Morgan fingerprint density at radius 2 is 1.78 bits per heavy atom. The number of nitrogens with zero attached hydrogens (tertiary/aromatic N) is 2. The quantitative estimate of drug-likeness (QED) is 0.209. The summed E-state index contributed by atoms with van der Waals surface area (Å²) in [6.07, 6.45) is 12.8. The third kappa shape index (κ3) is 9.14. The normalized spacial score (nSPS) is 11.1. The number of hydrogen-bond donors (Lipinski definition) is 1. The molecule has 0 aromatic heterocycles. The van der Waals surface area contributed by atoms with Gasteiger partial charge in [-0.3, -0.25) is 5.32 Å². The van der Waals surface area contributed by atoms with Crippen LogP contribution in [-0.2, 0) is 0 Å². The van der Waals surface area contributed by atoms with E-state index in [0.29, 0.717) is 5.17 Å². The summed E-state index contributed by atoms with van der Waals surface area (Å²) >= 11 is 1.40. The number of benzene rings is 1. The fraction of sp³-hybridized carbons (Fsp3) is 0.556. The number of hydrogen-bond acceptors (Lipinski definition) is 4. The molecule has 4 nitrogen and oxygen atoms in total. The maximum Gasteiger partial charge on any atom is 0.183 e. The highest BCUT2D eigenvalue weighted by Gasteiger charge is 1.98. The van der Waals surface area contributed by atoms with Gasteiger partial charge in [0.05, 0.1) is 12.3 Å². The number of ether oxygens (including phenoxy) is 1. The van der Waals surface area contributed by atoms with Crippen molar-refractivity contribution in [2.75, 3.05) is 12.9 Å². The van der Waals surface area contributed by atoms with E-state index in [9.17, 15) is 0 Å². The maximum atomic E-state index is 8.62. The summed E-state index contributed by atoms with van der Waals surface area (Å²) in [5.41, 5.74) is 0.806. The van der Waals surface area contributed by atoms with Crippen molar-refractivity contribution in [2.45, 2.75) is 51.9 Å². The van der Waals surface area contributed by atoms with E-state index in [4.69, 9.17) is 10.00 Å². The van der Waals surface area contributed by atoms with Crippen molar-refractivity contribution in [2.24, 2.45) is 4.99 Å².